The van der Waals surface area contributed by atoms with Crippen molar-refractivity contribution in [1.29, 1.82) is 0 Å². The largest absolute Gasteiger partial charge is 0.395 e. The predicted octanol–water partition coefficient (Wildman–Crippen LogP) is 4.20. The monoisotopic (exact) mass is 408 g/mol. The van der Waals surface area contributed by atoms with Gasteiger partial charge in [0, 0.05) is 37.0 Å². The van der Waals surface area contributed by atoms with Crippen molar-refractivity contribution in [3.8, 4) is 0 Å². The van der Waals surface area contributed by atoms with Gasteiger partial charge in [-0.3, -0.25) is 9.69 Å². The number of nitrogens with zero attached hydrogens (tertiary/aromatic N) is 2. The van der Waals surface area contributed by atoms with E-state index in [2.05, 4.69) is 40.1 Å². The first-order valence-corrected chi connectivity index (χ1v) is 12.2. The molecular formula is C26H36N2O2. The summed E-state index contributed by atoms with van der Waals surface area (Å²) in [5, 5.41) is 10.2. The molecule has 1 aromatic rings. The van der Waals surface area contributed by atoms with Crippen LogP contribution in [0, 0.1) is 5.92 Å². The summed E-state index contributed by atoms with van der Waals surface area (Å²) < 4.78 is 0. The molecule has 4 aliphatic rings. The van der Waals surface area contributed by atoms with Crippen LogP contribution in [-0.4, -0.2) is 59.1 Å². The maximum absolute atomic E-state index is 13.2. The van der Waals surface area contributed by atoms with Gasteiger partial charge in [0.2, 0.25) is 5.91 Å². The Kier molecular flexibility index (Phi) is 5.97. The zero-order chi connectivity index (χ0) is 20.5. The Hall–Kier alpha value is -1.65. The van der Waals surface area contributed by atoms with Gasteiger partial charge in [-0.05, 0) is 68.2 Å². The van der Waals surface area contributed by atoms with Crippen LogP contribution >= 0.6 is 0 Å². The minimum atomic E-state index is 0.188. The lowest BCUT2D eigenvalue weighted by Gasteiger charge is -2.57. The fourth-order valence-corrected chi connectivity index (χ4v) is 6.42. The van der Waals surface area contributed by atoms with Gasteiger partial charge < -0.3 is 10.0 Å². The van der Waals surface area contributed by atoms with Crippen molar-refractivity contribution >= 4 is 11.5 Å². The summed E-state index contributed by atoms with van der Waals surface area (Å²) in [5.41, 5.74) is 4.16. The third-order valence-corrected chi connectivity index (χ3v) is 8.09. The van der Waals surface area contributed by atoms with E-state index in [4.69, 9.17) is 0 Å². The predicted molar refractivity (Wildman–Crippen MR) is 120 cm³/mol. The summed E-state index contributed by atoms with van der Waals surface area (Å²) in [4.78, 5) is 17.8. The molecule has 5 rings (SSSR count). The van der Waals surface area contributed by atoms with Crippen LogP contribution in [0.4, 0.5) is 0 Å². The molecule has 1 amide bonds. The molecular weight excluding hydrogens is 372 g/mol. The number of benzene rings is 1. The minimum absolute atomic E-state index is 0.188. The van der Waals surface area contributed by atoms with Crippen molar-refractivity contribution in [3.63, 3.8) is 0 Å². The summed E-state index contributed by atoms with van der Waals surface area (Å²) >= 11 is 0. The fraction of sp³-hybridized carbons (Fsp3) is 0.654. The molecule has 0 radical (unpaired) electrons. The molecule has 0 bridgehead atoms. The average molecular weight is 409 g/mol. The first kappa shape index (κ1) is 20.3. The normalized spacial score (nSPS) is 30.4. The van der Waals surface area contributed by atoms with Crippen molar-refractivity contribution in [3.05, 3.63) is 41.5 Å². The highest BCUT2D eigenvalue weighted by molar-refractivity contribution is 5.79. The molecule has 1 N–H and O–H groups in total. The second-order valence-corrected chi connectivity index (χ2v) is 9.80. The lowest BCUT2D eigenvalue weighted by atomic mass is 9.74. The van der Waals surface area contributed by atoms with Crippen LogP contribution in [0.3, 0.4) is 0 Å². The van der Waals surface area contributed by atoms with Crippen molar-refractivity contribution in [1.82, 2.24) is 9.80 Å². The molecule has 3 fully saturated rings. The van der Waals surface area contributed by atoms with Crippen LogP contribution in [0.1, 0.15) is 74.8 Å². The molecule has 1 saturated carbocycles. The summed E-state index contributed by atoms with van der Waals surface area (Å²) in [6.45, 7) is 2.97. The van der Waals surface area contributed by atoms with E-state index in [1.54, 1.807) is 0 Å². The van der Waals surface area contributed by atoms with Crippen molar-refractivity contribution in [2.45, 2.75) is 75.8 Å². The Morgan fingerprint density at radius 1 is 1.00 bits per heavy atom. The molecule has 0 unspecified atom stereocenters. The molecule has 2 aliphatic carbocycles. The lowest BCUT2D eigenvalue weighted by molar-refractivity contribution is -0.140. The smallest absolute Gasteiger partial charge is 0.225 e. The Morgan fingerprint density at radius 3 is 2.47 bits per heavy atom. The standard InChI is InChI=1S/C26H36N2O2/c29-18-24-25(21-13-11-20(12-14-21)19-7-1-2-8-19)23-17-27(15-5-6-16-28(23)24)26(30)22-9-3-4-10-22/h7,11-14,22-25,29H,1-6,8-10,15-18H2/t23-,24+,25+/m0/s1. The Morgan fingerprint density at radius 2 is 1.77 bits per heavy atom. The van der Waals surface area contributed by atoms with Crippen molar-refractivity contribution in [2.75, 3.05) is 26.2 Å². The van der Waals surface area contributed by atoms with E-state index in [-0.39, 0.29) is 18.6 Å². The number of aliphatic hydroxyl groups excluding tert-OH is 1. The molecule has 0 aromatic heterocycles. The van der Waals surface area contributed by atoms with E-state index >= 15 is 0 Å². The number of fused-ring (bicyclic) bond motifs is 1. The van der Waals surface area contributed by atoms with Crippen LogP contribution in [0.25, 0.3) is 5.57 Å². The highest BCUT2D eigenvalue weighted by atomic mass is 16.3. The number of carbonyl (C=O) groups excluding carboxylic acids is 1. The van der Waals surface area contributed by atoms with E-state index in [0.29, 0.717) is 17.9 Å². The van der Waals surface area contributed by atoms with E-state index in [1.807, 2.05) is 0 Å². The summed E-state index contributed by atoms with van der Waals surface area (Å²) in [7, 11) is 0. The molecule has 162 valence electrons. The van der Waals surface area contributed by atoms with Gasteiger partial charge in [-0.15, -0.1) is 0 Å². The number of aliphatic hydroxyl groups is 1. The average Bonchev–Trinajstić information content (AvgIpc) is 3.47. The number of rotatable bonds is 4. The number of carbonyl (C=O) groups is 1. The molecule has 0 spiro atoms. The molecule has 4 nitrogen and oxygen atoms in total. The zero-order valence-electron chi connectivity index (χ0n) is 18.1. The van der Waals surface area contributed by atoms with Crippen LogP contribution < -0.4 is 0 Å². The van der Waals surface area contributed by atoms with Gasteiger partial charge >= 0.3 is 0 Å². The Labute approximate surface area is 180 Å². The molecule has 2 saturated heterocycles. The second-order valence-electron chi connectivity index (χ2n) is 9.80. The minimum Gasteiger partial charge on any atom is -0.395 e. The van der Waals surface area contributed by atoms with Crippen LogP contribution in [-0.2, 0) is 4.79 Å². The lowest BCUT2D eigenvalue weighted by Crippen LogP contribution is -2.68. The van der Waals surface area contributed by atoms with E-state index < -0.39 is 0 Å². The first-order chi connectivity index (χ1) is 14.8. The molecule has 4 heteroatoms. The molecule has 2 heterocycles. The van der Waals surface area contributed by atoms with Gasteiger partial charge in [-0.1, -0.05) is 43.2 Å². The third-order valence-electron chi connectivity index (χ3n) is 8.09. The van der Waals surface area contributed by atoms with Crippen molar-refractivity contribution < 1.29 is 9.90 Å². The van der Waals surface area contributed by atoms with Gasteiger partial charge in [0.05, 0.1) is 6.61 Å². The molecule has 2 aliphatic heterocycles. The van der Waals surface area contributed by atoms with E-state index in [1.165, 1.54) is 48.8 Å². The van der Waals surface area contributed by atoms with E-state index in [9.17, 15) is 9.90 Å². The number of hydrogen-bond donors (Lipinski definition) is 1. The van der Waals surface area contributed by atoms with E-state index in [0.717, 1.165) is 45.3 Å². The van der Waals surface area contributed by atoms with Gasteiger partial charge in [0.25, 0.3) is 0 Å². The number of hydrogen-bond acceptors (Lipinski definition) is 3. The maximum atomic E-state index is 13.2. The molecule has 1 aromatic carbocycles. The van der Waals surface area contributed by atoms with Gasteiger partial charge in [-0.2, -0.15) is 0 Å². The number of allylic oxidation sites excluding steroid dienone is 2. The summed E-state index contributed by atoms with van der Waals surface area (Å²) in [5.74, 6) is 0.965. The third kappa shape index (κ3) is 3.73. The van der Waals surface area contributed by atoms with Crippen molar-refractivity contribution in [2.24, 2.45) is 5.92 Å². The molecule has 3 atom stereocenters. The number of amides is 1. The highest BCUT2D eigenvalue weighted by Gasteiger charge is 2.49. The fourth-order valence-electron chi connectivity index (χ4n) is 6.42. The first-order valence-electron chi connectivity index (χ1n) is 12.2. The molecule has 30 heavy (non-hydrogen) atoms. The highest BCUT2D eigenvalue weighted by Crippen LogP contribution is 2.43. The SMILES string of the molecule is O=C(C1CCCC1)N1CCCCN2[C@H](CO)[C@H](c3ccc(C4=CCCC4)cc3)[C@@H]2C1. The van der Waals surface area contributed by atoms with Crippen LogP contribution in [0.15, 0.2) is 30.3 Å². The van der Waals surface area contributed by atoms with Gasteiger partial charge in [0.15, 0.2) is 0 Å². The summed E-state index contributed by atoms with van der Waals surface area (Å²) in [6.07, 6.45) is 12.8. The maximum Gasteiger partial charge on any atom is 0.225 e. The summed E-state index contributed by atoms with van der Waals surface area (Å²) in [6, 6.07) is 9.63. The Balaban J connectivity index is 1.35. The van der Waals surface area contributed by atoms with Crippen LogP contribution in [0.5, 0.6) is 0 Å². The zero-order valence-corrected chi connectivity index (χ0v) is 18.1. The topological polar surface area (TPSA) is 43.8 Å². The van der Waals surface area contributed by atoms with Crippen LogP contribution in [0.2, 0.25) is 0 Å². The van der Waals surface area contributed by atoms with Gasteiger partial charge in [-0.25, -0.2) is 0 Å². The Bertz CT molecular complexity index is 781. The quantitative estimate of drug-likeness (QED) is 0.812. The van der Waals surface area contributed by atoms with Gasteiger partial charge in [0.1, 0.15) is 0 Å². The second kappa shape index (κ2) is 8.84.